The molecule has 2 amide bonds. The number of likely N-dealkylation sites (tertiary alicyclic amines) is 1. The monoisotopic (exact) mass is 458 g/mol. The molecule has 0 N–H and O–H groups in total. The van der Waals surface area contributed by atoms with Crippen molar-refractivity contribution in [2.24, 2.45) is 5.41 Å². The molecule has 0 aromatic heterocycles. The number of benzene rings is 2. The highest BCUT2D eigenvalue weighted by atomic mass is 35.5. The van der Waals surface area contributed by atoms with Gasteiger partial charge in [-0.25, -0.2) is 4.79 Å². The van der Waals surface area contributed by atoms with Crippen molar-refractivity contribution in [1.82, 2.24) is 4.90 Å². The fourth-order valence-electron chi connectivity index (χ4n) is 4.55. The molecule has 0 radical (unpaired) electrons. The molecule has 2 aromatic carbocycles. The molecule has 2 heterocycles. The molecule has 2 aliphatic rings. The summed E-state index contributed by atoms with van der Waals surface area (Å²) in [5.41, 5.74) is 0.819. The van der Waals surface area contributed by atoms with E-state index in [0.717, 1.165) is 16.1 Å². The minimum Gasteiger partial charge on any atom is -0.444 e. The van der Waals surface area contributed by atoms with Gasteiger partial charge in [-0.1, -0.05) is 23.7 Å². The van der Waals surface area contributed by atoms with Gasteiger partial charge in [0.15, 0.2) is 0 Å². The van der Waals surface area contributed by atoms with Crippen LogP contribution in [0.4, 0.5) is 10.5 Å². The fraction of sp³-hybridized carbons (Fsp3) is 0.417. The van der Waals surface area contributed by atoms with E-state index in [1.807, 2.05) is 74.2 Å². The summed E-state index contributed by atoms with van der Waals surface area (Å²) >= 11 is 10.5. The number of halogens is 1. The second-order valence-corrected chi connectivity index (χ2v) is 10.2. The van der Waals surface area contributed by atoms with Crippen molar-refractivity contribution in [3.8, 4) is 0 Å². The predicted molar refractivity (Wildman–Crippen MR) is 125 cm³/mol. The van der Waals surface area contributed by atoms with Gasteiger partial charge in [0.05, 0.1) is 11.5 Å². The smallest absolute Gasteiger partial charge is 0.410 e. The van der Waals surface area contributed by atoms with E-state index in [-0.39, 0.29) is 18.0 Å². The fourth-order valence-corrected chi connectivity index (χ4v) is 4.82. The van der Waals surface area contributed by atoms with Crippen LogP contribution in [0.25, 0.3) is 0 Å². The van der Waals surface area contributed by atoms with Crippen molar-refractivity contribution >= 4 is 41.9 Å². The lowest BCUT2D eigenvalue weighted by molar-refractivity contribution is -0.144. The van der Waals surface area contributed by atoms with Crippen molar-refractivity contribution in [3.63, 3.8) is 0 Å². The summed E-state index contributed by atoms with van der Waals surface area (Å²) in [6.45, 7) is 6.56. The summed E-state index contributed by atoms with van der Waals surface area (Å²) < 4.78 is 5.52. The van der Waals surface area contributed by atoms with Crippen molar-refractivity contribution in [1.29, 1.82) is 0 Å². The molecule has 4 rings (SSSR count). The zero-order valence-electron chi connectivity index (χ0n) is 18.0. The number of ether oxygens (including phenoxy) is 1. The van der Waals surface area contributed by atoms with Crippen LogP contribution in [0, 0.1) is 5.41 Å². The van der Waals surface area contributed by atoms with Gasteiger partial charge >= 0.3 is 6.09 Å². The second kappa shape index (κ2) is 8.06. The topological polar surface area (TPSA) is 49.9 Å². The Morgan fingerprint density at radius 3 is 2.19 bits per heavy atom. The molecule has 2 aliphatic heterocycles. The molecule has 2 saturated heterocycles. The predicted octanol–water partition coefficient (Wildman–Crippen LogP) is 5.73. The van der Waals surface area contributed by atoms with E-state index in [1.165, 1.54) is 0 Å². The van der Waals surface area contributed by atoms with Gasteiger partial charge < -0.3 is 14.5 Å². The van der Waals surface area contributed by atoms with E-state index >= 15 is 0 Å². The quantitative estimate of drug-likeness (QED) is 0.461. The summed E-state index contributed by atoms with van der Waals surface area (Å²) in [6, 6.07) is 15.2. The number of β-lactam (4-membered cyclic amide) rings is 1. The Balaban J connectivity index is 1.61. The standard InChI is InChI=1S/C24H27ClN2O3S/c1-23(2,3)30-22(29)26-14-12-24(13-15-26)20(16-4-6-17(25)7-5-16)27(21(24)28)18-8-10-19(31)11-9-18/h4-11,20,31H,12-15H2,1-3H3. The first kappa shape index (κ1) is 22.0. The Hall–Kier alpha value is -2.18. The molecule has 1 spiro atoms. The summed E-state index contributed by atoms with van der Waals surface area (Å²) in [5, 5.41) is 0.661. The van der Waals surface area contributed by atoms with E-state index < -0.39 is 11.0 Å². The zero-order chi connectivity index (χ0) is 22.4. The highest BCUT2D eigenvalue weighted by Gasteiger charge is 2.62. The lowest BCUT2D eigenvalue weighted by Gasteiger charge is -2.58. The van der Waals surface area contributed by atoms with Gasteiger partial charge in [-0.3, -0.25) is 4.79 Å². The maximum Gasteiger partial charge on any atom is 0.410 e. The molecule has 0 saturated carbocycles. The van der Waals surface area contributed by atoms with Crippen LogP contribution in [0.5, 0.6) is 0 Å². The van der Waals surface area contributed by atoms with Gasteiger partial charge in [-0.05, 0) is 75.6 Å². The molecule has 2 aromatic rings. The van der Waals surface area contributed by atoms with E-state index in [0.29, 0.717) is 31.0 Å². The molecule has 7 heteroatoms. The summed E-state index contributed by atoms with van der Waals surface area (Å²) in [5.74, 6) is 0.100. The van der Waals surface area contributed by atoms with Crippen molar-refractivity contribution in [3.05, 3.63) is 59.1 Å². The van der Waals surface area contributed by atoms with Crippen LogP contribution in [0.2, 0.25) is 5.02 Å². The molecule has 31 heavy (non-hydrogen) atoms. The number of carbonyl (C=O) groups excluding carboxylic acids is 2. The van der Waals surface area contributed by atoms with E-state index in [9.17, 15) is 9.59 Å². The Morgan fingerprint density at radius 2 is 1.65 bits per heavy atom. The molecule has 0 aliphatic carbocycles. The minimum atomic E-state index is -0.541. The van der Waals surface area contributed by atoms with Gasteiger partial charge in [-0.2, -0.15) is 0 Å². The first-order valence-corrected chi connectivity index (χ1v) is 11.3. The maximum absolute atomic E-state index is 13.5. The summed E-state index contributed by atoms with van der Waals surface area (Å²) in [7, 11) is 0. The number of amides is 2. The molecule has 1 atom stereocenters. The first-order chi connectivity index (χ1) is 14.6. The highest BCUT2D eigenvalue weighted by Crippen LogP contribution is 2.57. The van der Waals surface area contributed by atoms with Crippen LogP contribution in [-0.4, -0.2) is 35.6 Å². The first-order valence-electron chi connectivity index (χ1n) is 10.5. The second-order valence-electron chi connectivity index (χ2n) is 9.27. The van der Waals surface area contributed by atoms with Crippen molar-refractivity contribution in [2.75, 3.05) is 18.0 Å². The molecular weight excluding hydrogens is 432 g/mol. The average molecular weight is 459 g/mol. The Kier molecular flexibility index (Phi) is 5.73. The number of anilines is 1. The molecule has 164 valence electrons. The van der Waals surface area contributed by atoms with E-state index in [2.05, 4.69) is 12.6 Å². The third-order valence-electron chi connectivity index (χ3n) is 6.05. The van der Waals surface area contributed by atoms with Gasteiger partial charge in [0, 0.05) is 28.7 Å². The number of thiol groups is 1. The van der Waals surface area contributed by atoms with Crippen LogP contribution in [-0.2, 0) is 9.53 Å². The van der Waals surface area contributed by atoms with Gasteiger partial charge in [0.2, 0.25) is 5.91 Å². The van der Waals surface area contributed by atoms with Crippen LogP contribution in [0.1, 0.15) is 45.2 Å². The summed E-state index contributed by atoms with van der Waals surface area (Å²) in [6.07, 6.45) is 0.873. The number of carbonyl (C=O) groups is 2. The average Bonchev–Trinajstić information content (AvgIpc) is 2.72. The molecular formula is C24H27ClN2O3S. The zero-order valence-corrected chi connectivity index (χ0v) is 19.6. The van der Waals surface area contributed by atoms with E-state index in [1.54, 1.807) is 4.90 Å². The lowest BCUT2D eigenvalue weighted by atomic mass is 9.62. The van der Waals surface area contributed by atoms with Crippen LogP contribution in [0.15, 0.2) is 53.4 Å². The number of rotatable bonds is 2. The molecule has 0 bridgehead atoms. The summed E-state index contributed by atoms with van der Waals surface area (Å²) in [4.78, 5) is 30.4. The van der Waals surface area contributed by atoms with Crippen LogP contribution < -0.4 is 4.90 Å². The van der Waals surface area contributed by atoms with Gasteiger partial charge in [0.25, 0.3) is 0 Å². The van der Waals surface area contributed by atoms with E-state index in [4.69, 9.17) is 16.3 Å². The Labute approximate surface area is 193 Å². The highest BCUT2D eigenvalue weighted by molar-refractivity contribution is 7.80. The third kappa shape index (κ3) is 4.15. The largest absolute Gasteiger partial charge is 0.444 e. The SMILES string of the molecule is CC(C)(C)OC(=O)N1CCC2(CC1)C(=O)N(c1ccc(S)cc1)C2c1ccc(Cl)cc1. The molecule has 5 nitrogen and oxygen atoms in total. The van der Waals surface area contributed by atoms with Crippen molar-refractivity contribution in [2.45, 2.75) is 50.2 Å². The van der Waals surface area contributed by atoms with Crippen LogP contribution in [0.3, 0.4) is 0 Å². The molecule has 1 unspecified atom stereocenters. The normalized spacial score (nSPS) is 20.5. The number of piperidine rings is 1. The van der Waals surface area contributed by atoms with Crippen molar-refractivity contribution < 1.29 is 14.3 Å². The number of nitrogens with zero attached hydrogens (tertiary/aromatic N) is 2. The lowest BCUT2D eigenvalue weighted by Crippen LogP contribution is -2.67. The Bertz CT molecular complexity index is 977. The van der Waals surface area contributed by atoms with Crippen LogP contribution >= 0.6 is 24.2 Å². The number of hydrogen-bond donors (Lipinski definition) is 1. The third-order valence-corrected chi connectivity index (χ3v) is 6.60. The molecule has 2 fully saturated rings. The minimum absolute atomic E-state index is 0.100. The maximum atomic E-state index is 13.5. The van der Waals surface area contributed by atoms with Gasteiger partial charge in [-0.15, -0.1) is 12.6 Å². The number of hydrogen-bond acceptors (Lipinski definition) is 4. The van der Waals surface area contributed by atoms with Gasteiger partial charge in [0.1, 0.15) is 5.60 Å². The Morgan fingerprint density at radius 1 is 1.06 bits per heavy atom.